The summed E-state index contributed by atoms with van der Waals surface area (Å²) in [5.41, 5.74) is 9.88. The van der Waals surface area contributed by atoms with Crippen molar-refractivity contribution in [3.8, 4) is 5.69 Å². The average Bonchev–Trinajstić information content (AvgIpc) is 2.90. The summed E-state index contributed by atoms with van der Waals surface area (Å²) < 4.78 is 2.21. The monoisotopic (exact) mass is 346 g/mol. The van der Waals surface area contributed by atoms with E-state index in [1.165, 1.54) is 11.1 Å². The molecule has 0 aliphatic carbocycles. The predicted octanol–water partition coefficient (Wildman–Crippen LogP) is 3.87. The lowest BCUT2D eigenvalue weighted by Crippen LogP contribution is -2.17. The van der Waals surface area contributed by atoms with Crippen LogP contribution in [0.25, 0.3) is 5.69 Å². The van der Waals surface area contributed by atoms with Crippen molar-refractivity contribution >= 4 is 12.1 Å². The van der Waals surface area contributed by atoms with Crippen LogP contribution in [-0.4, -0.2) is 21.7 Å². The quantitative estimate of drug-likeness (QED) is 0.576. The number of hydrogen-bond acceptors (Lipinski definition) is 3. The fourth-order valence-corrected chi connectivity index (χ4v) is 3.07. The number of rotatable bonds is 4. The topological polar surface area (TPSA) is 59.3 Å². The Morgan fingerprint density at radius 3 is 2.50 bits per heavy atom. The van der Waals surface area contributed by atoms with Crippen LogP contribution in [0.4, 0.5) is 0 Å². The molecular weight excluding hydrogens is 324 g/mol. The Morgan fingerprint density at radius 2 is 1.81 bits per heavy atom. The van der Waals surface area contributed by atoms with E-state index < -0.39 is 0 Å². The molecule has 2 heterocycles. The Bertz CT molecular complexity index is 971. The lowest BCUT2D eigenvalue weighted by atomic mass is 10.1. The number of hydrogen-bond donors (Lipinski definition) is 1. The van der Waals surface area contributed by atoms with Crippen molar-refractivity contribution in [2.75, 3.05) is 0 Å². The summed E-state index contributed by atoms with van der Waals surface area (Å²) in [5, 5.41) is 4.11. The van der Waals surface area contributed by atoms with Crippen molar-refractivity contribution in [2.24, 2.45) is 5.10 Å². The molecule has 0 aliphatic rings. The molecule has 0 bridgehead atoms. The van der Waals surface area contributed by atoms with E-state index in [0.29, 0.717) is 5.56 Å². The van der Waals surface area contributed by atoms with E-state index in [4.69, 9.17) is 0 Å². The standard InChI is InChI=1S/C21H22N4O/c1-14-5-6-20(15(2)11-14)25-16(3)12-19(17(25)4)13-23-24-21(26)18-7-9-22-10-8-18/h5-13H,1-4H3,(H,24,26). The first kappa shape index (κ1) is 17.6. The minimum Gasteiger partial charge on any atom is -0.318 e. The van der Waals surface area contributed by atoms with E-state index in [2.05, 4.69) is 72.0 Å². The van der Waals surface area contributed by atoms with Crippen molar-refractivity contribution in [3.05, 3.63) is 82.4 Å². The first-order valence-electron chi connectivity index (χ1n) is 8.47. The van der Waals surface area contributed by atoms with Crippen LogP contribution in [0.1, 0.15) is 38.4 Å². The molecule has 0 saturated carbocycles. The van der Waals surface area contributed by atoms with Gasteiger partial charge in [-0.05, 0) is 57.5 Å². The van der Waals surface area contributed by atoms with Gasteiger partial charge in [0, 0.05) is 40.6 Å². The molecule has 5 nitrogen and oxygen atoms in total. The SMILES string of the molecule is Cc1ccc(-n2c(C)cc(C=NNC(=O)c3ccncc3)c2C)c(C)c1. The molecule has 3 rings (SSSR count). The number of amides is 1. The molecular formula is C21H22N4O. The van der Waals surface area contributed by atoms with Crippen LogP contribution in [0, 0.1) is 27.7 Å². The molecule has 1 N–H and O–H groups in total. The van der Waals surface area contributed by atoms with Crippen LogP contribution in [-0.2, 0) is 0 Å². The molecule has 0 spiro atoms. The number of carbonyl (C=O) groups is 1. The summed E-state index contributed by atoms with van der Waals surface area (Å²) in [7, 11) is 0. The Hall–Kier alpha value is -3.21. The summed E-state index contributed by atoms with van der Waals surface area (Å²) in [4.78, 5) is 15.9. The first-order chi connectivity index (χ1) is 12.5. The Kier molecular flexibility index (Phi) is 4.98. The van der Waals surface area contributed by atoms with Crippen LogP contribution >= 0.6 is 0 Å². The summed E-state index contributed by atoms with van der Waals surface area (Å²) in [6, 6.07) is 11.8. The maximum absolute atomic E-state index is 12.0. The molecule has 132 valence electrons. The van der Waals surface area contributed by atoms with Gasteiger partial charge in [-0.3, -0.25) is 9.78 Å². The second kappa shape index (κ2) is 7.35. The van der Waals surface area contributed by atoms with Gasteiger partial charge in [0.2, 0.25) is 0 Å². The third-order valence-electron chi connectivity index (χ3n) is 4.38. The van der Waals surface area contributed by atoms with Gasteiger partial charge in [0.05, 0.1) is 6.21 Å². The normalized spacial score (nSPS) is 11.1. The Balaban J connectivity index is 1.83. The maximum atomic E-state index is 12.0. The summed E-state index contributed by atoms with van der Waals surface area (Å²) in [6.07, 6.45) is 4.84. The van der Waals surface area contributed by atoms with Gasteiger partial charge < -0.3 is 4.57 Å². The molecule has 1 aromatic carbocycles. The summed E-state index contributed by atoms with van der Waals surface area (Å²) in [6.45, 7) is 8.33. The van der Waals surface area contributed by atoms with Gasteiger partial charge in [0.1, 0.15) is 0 Å². The fourth-order valence-electron chi connectivity index (χ4n) is 3.07. The lowest BCUT2D eigenvalue weighted by Gasteiger charge is -2.13. The largest absolute Gasteiger partial charge is 0.318 e. The maximum Gasteiger partial charge on any atom is 0.271 e. The Labute approximate surface area is 153 Å². The van der Waals surface area contributed by atoms with E-state index in [0.717, 1.165) is 22.6 Å². The van der Waals surface area contributed by atoms with Gasteiger partial charge in [-0.1, -0.05) is 17.7 Å². The molecule has 0 fully saturated rings. The molecule has 0 atom stereocenters. The first-order valence-corrected chi connectivity index (χ1v) is 8.47. The smallest absolute Gasteiger partial charge is 0.271 e. The minimum atomic E-state index is -0.258. The van der Waals surface area contributed by atoms with E-state index in [1.807, 2.05) is 0 Å². The highest BCUT2D eigenvalue weighted by Gasteiger charge is 2.11. The molecule has 26 heavy (non-hydrogen) atoms. The van der Waals surface area contributed by atoms with Crippen LogP contribution in [0.2, 0.25) is 0 Å². The minimum absolute atomic E-state index is 0.258. The highest BCUT2D eigenvalue weighted by Crippen LogP contribution is 2.23. The van der Waals surface area contributed by atoms with E-state index in [1.54, 1.807) is 30.7 Å². The van der Waals surface area contributed by atoms with Crippen molar-refractivity contribution in [1.82, 2.24) is 15.0 Å². The number of pyridine rings is 1. The molecule has 5 heteroatoms. The molecule has 0 unspecified atom stereocenters. The Morgan fingerprint density at radius 1 is 1.08 bits per heavy atom. The van der Waals surface area contributed by atoms with Gasteiger partial charge in [-0.25, -0.2) is 5.43 Å². The lowest BCUT2D eigenvalue weighted by molar-refractivity contribution is 0.0955. The zero-order valence-electron chi connectivity index (χ0n) is 15.4. The second-order valence-electron chi connectivity index (χ2n) is 6.39. The van der Waals surface area contributed by atoms with E-state index >= 15 is 0 Å². The van der Waals surface area contributed by atoms with Gasteiger partial charge in [-0.2, -0.15) is 5.10 Å². The van der Waals surface area contributed by atoms with Crippen LogP contribution in [0.15, 0.2) is 53.9 Å². The van der Waals surface area contributed by atoms with Crippen molar-refractivity contribution in [1.29, 1.82) is 0 Å². The zero-order chi connectivity index (χ0) is 18.7. The number of nitrogens with zero attached hydrogens (tertiary/aromatic N) is 3. The second-order valence-corrected chi connectivity index (χ2v) is 6.39. The molecule has 2 aromatic heterocycles. The molecule has 3 aromatic rings. The summed E-state index contributed by atoms with van der Waals surface area (Å²) in [5.74, 6) is -0.258. The third-order valence-corrected chi connectivity index (χ3v) is 4.38. The molecule has 0 aliphatic heterocycles. The average molecular weight is 346 g/mol. The number of nitrogens with one attached hydrogen (secondary N) is 1. The van der Waals surface area contributed by atoms with Crippen molar-refractivity contribution in [3.63, 3.8) is 0 Å². The molecule has 0 saturated heterocycles. The highest BCUT2D eigenvalue weighted by atomic mass is 16.2. The molecule has 0 radical (unpaired) electrons. The van der Waals surface area contributed by atoms with Crippen LogP contribution in [0.3, 0.4) is 0 Å². The van der Waals surface area contributed by atoms with Crippen LogP contribution in [0.5, 0.6) is 0 Å². The zero-order valence-corrected chi connectivity index (χ0v) is 15.4. The van der Waals surface area contributed by atoms with Gasteiger partial charge >= 0.3 is 0 Å². The van der Waals surface area contributed by atoms with E-state index in [-0.39, 0.29) is 5.91 Å². The van der Waals surface area contributed by atoms with Gasteiger partial charge in [-0.15, -0.1) is 0 Å². The van der Waals surface area contributed by atoms with Crippen LogP contribution < -0.4 is 5.43 Å². The fraction of sp³-hybridized carbons (Fsp3) is 0.190. The number of benzene rings is 1. The number of hydrazone groups is 1. The highest BCUT2D eigenvalue weighted by molar-refractivity contribution is 5.94. The van der Waals surface area contributed by atoms with Gasteiger partial charge in [0.15, 0.2) is 0 Å². The number of aryl methyl sites for hydroxylation is 3. The van der Waals surface area contributed by atoms with E-state index in [9.17, 15) is 4.79 Å². The van der Waals surface area contributed by atoms with Crippen molar-refractivity contribution < 1.29 is 4.79 Å². The number of carbonyl (C=O) groups excluding carboxylic acids is 1. The summed E-state index contributed by atoms with van der Waals surface area (Å²) >= 11 is 0. The predicted molar refractivity (Wildman–Crippen MR) is 104 cm³/mol. The number of aromatic nitrogens is 2. The molecule has 1 amide bonds. The van der Waals surface area contributed by atoms with Crippen molar-refractivity contribution in [2.45, 2.75) is 27.7 Å². The van der Waals surface area contributed by atoms with Gasteiger partial charge in [0.25, 0.3) is 5.91 Å². The third kappa shape index (κ3) is 3.57.